The molecule has 0 saturated carbocycles. The Labute approximate surface area is 120 Å². The first-order valence-electron chi connectivity index (χ1n) is 5.76. The summed E-state index contributed by atoms with van der Waals surface area (Å²) in [7, 11) is 0. The third-order valence-corrected chi connectivity index (χ3v) is 3.57. The highest BCUT2D eigenvalue weighted by Crippen LogP contribution is 2.20. The van der Waals surface area contributed by atoms with E-state index in [0.717, 1.165) is 0 Å². The average Bonchev–Trinajstić information content (AvgIpc) is 2.80. The Hall–Kier alpha value is -2.21. The molecule has 0 atom stereocenters. The number of imidazole rings is 1. The van der Waals surface area contributed by atoms with Crippen LogP contribution in [-0.2, 0) is 0 Å². The van der Waals surface area contributed by atoms with Gasteiger partial charge in [0.25, 0.3) is 0 Å². The summed E-state index contributed by atoms with van der Waals surface area (Å²) in [6.45, 7) is 0. The number of halogens is 2. The zero-order valence-corrected chi connectivity index (χ0v) is 11.6. The fourth-order valence-corrected chi connectivity index (χ4v) is 2.36. The number of rotatable bonds is 2. The van der Waals surface area contributed by atoms with Crippen molar-refractivity contribution in [3.8, 4) is 0 Å². The molecular weight excluding hydrogens is 327 g/mol. The Morgan fingerprint density at radius 3 is 2.40 bits per heavy atom. The monoisotopic (exact) mass is 334 g/mol. The molecule has 4 nitrogen and oxygen atoms in total. The predicted octanol–water partition coefficient (Wildman–Crippen LogP) is 2.99. The molecule has 1 aromatic heterocycles. The van der Waals surface area contributed by atoms with Crippen molar-refractivity contribution in [1.82, 2.24) is 9.97 Å². The lowest BCUT2D eigenvalue weighted by Crippen LogP contribution is -2.01. The Balaban J connectivity index is 2.07. The van der Waals surface area contributed by atoms with E-state index in [1.165, 1.54) is 18.2 Å². The molecule has 100 valence electrons. The Morgan fingerprint density at radius 2 is 1.65 bits per heavy atom. The van der Waals surface area contributed by atoms with E-state index < -0.39 is 5.82 Å². The first-order valence-corrected chi connectivity index (χ1v) is 6.56. The number of fused-ring (bicyclic) bond motifs is 1. The summed E-state index contributed by atoms with van der Waals surface area (Å²) in [5.74, 6) is -0.665. The van der Waals surface area contributed by atoms with E-state index in [1.54, 1.807) is 18.2 Å². The summed E-state index contributed by atoms with van der Waals surface area (Å²) >= 11 is 3.05. The standard InChI is InChI=1S/C14H8BrFN2O2/c15-9-5-7(1-3-10(9)16)13(19)8-2-4-11-12(6-8)18-14(20)17-11/h1-6H,(H2,17,18,20). The summed E-state index contributed by atoms with van der Waals surface area (Å²) in [4.78, 5) is 28.7. The molecule has 0 aliphatic carbocycles. The number of carbonyl (C=O) groups is 1. The third-order valence-electron chi connectivity index (χ3n) is 2.96. The van der Waals surface area contributed by atoms with Crippen molar-refractivity contribution in [3.63, 3.8) is 0 Å². The molecule has 0 aliphatic heterocycles. The highest BCUT2D eigenvalue weighted by atomic mass is 79.9. The van der Waals surface area contributed by atoms with Crippen LogP contribution in [0.5, 0.6) is 0 Å². The number of aromatic amines is 2. The number of hydrogen-bond acceptors (Lipinski definition) is 2. The van der Waals surface area contributed by atoms with E-state index in [2.05, 4.69) is 25.9 Å². The van der Waals surface area contributed by atoms with Crippen LogP contribution in [0.25, 0.3) is 11.0 Å². The minimum absolute atomic E-state index is 0.236. The van der Waals surface area contributed by atoms with Crippen LogP contribution in [0.3, 0.4) is 0 Å². The SMILES string of the molecule is O=C(c1ccc(F)c(Br)c1)c1ccc2[nH]c(=O)[nH]c2c1. The molecule has 0 saturated heterocycles. The maximum atomic E-state index is 13.2. The van der Waals surface area contributed by atoms with Gasteiger partial charge in [-0.05, 0) is 52.3 Å². The van der Waals surface area contributed by atoms with Crippen LogP contribution in [0.15, 0.2) is 45.7 Å². The highest BCUT2D eigenvalue weighted by Gasteiger charge is 2.12. The Morgan fingerprint density at radius 1 is 1.00 bits per heavy atom. The number of nitrogens with one attached hydrogen (secondary N) is 2. The Kier molecular flexibility index (Phi) is 3.02. The molecule has 0 amide bonds. The van der Waals surface area contributed by atoms with Crippen molar-refractivity contribution in [2.75, 3.05) is 0 Å². The highest BCUT2D eigenvalue weighted by molar-refractivity contribution is 9.10. The van der Waals surface area contributed by atoms with Crippen molar-refractivity contribution in [2.24, 2.45) is 0 Å². The molecule has 1 heterocycles. The molecule has 0 aliphatic rings. The van der Waals surface area contributed by atoms with Crippen LogP contribution in [0, 0.1) is 5.82 Å². The van der Waals surface area contributed by atoms with Gasteiger partial charge in [-0.1, -0.05) is 0 Å². The van der Waals surface area contributed by atoms with Gasteiger partial charge in [0.1, 0.15) is 5.82 Å². The predicted molar refractivity (Wildman–Crippen MR) is 76.5 cm³/mol. The van der Waals surface area contributed by atoms with Crippen LogP contribution in [0.2, 0.25) is 0 Å². The molecular formula is C14H8BrFN2O2. The van der Waals surface area contributed by atoms with Crippen LogP contribution in [0.1, 0.15) is 15.9 Å². The lowest BCUT2D eigenvalue weighted by atomic mass is 10.0. The van der Waals surface area contributed by atoms with E-state index in [-0.39, 0.29) is 15.9 Å². The molecule has 0 unspecified atom stereocenters. The molecule has 3 rings (SSSR count). The van der Waals surface area contributed by atoms with E-state index >= 15 is 0 Å². The number of hydrogen-bond donors (Lipinski definition) is 2. The molecule has 0 spiro atoms. The first kappa shape index (κ1) is 12.8. The van der Waals surface area contributed by atoms with Gasteiger partial charge in [0.2, 0.25) is 0 Å². The van der Waals surface area contributed by atoms with E-state index in [9.17, 15) is 14.0 Å². The number of benzene rings is 2. The van der Waals surface area contributed by atoms with E-state index in [0.29, 0.717) is 22.2 Å². The first-order chi connectivity index (χ1) is 9.54. The molecule has 6 heteroatoms. The lowest BCUT2D eigenvalue weighted by molar-refractivity contribution is 0.103. The van der Waals surface area contributed by atoms with Crippen LogP contribution < -0.4 is 5.69 Å². The second-order valence-corrected chi connectivity index (χ2v) is 5.15. The van der Waals surface area contributed by atoms with Gasteiger partial charge >= 0.3 is 5.69 Å². The van der Waals surface area contributed by atoms with E-state index in [4.69, 9.17) is 0 Å². The number of ketones is 1. The van der Waals surface area contributed by atoms with Gasteiger partial charge < -0.3 is 9.97 Å². The zero-order valence-electron chi connectivity index (χ0n) is 10.0. The van der Waals surface area contributed by atoms with Gasteiger partial charge in [-0.25, -0.2) is 9.18 Å². The fourth-order valence-electron chi connectivity index (χ4n) is 1.98. The average molecular weight is 335 g/mol. The van der Waals surface area contributed by atoms with Gasteiger partial charge in [-0.2, -0.15) is 0 Å². The van der Waals surface area contributed by atoms with Crippen LogP contribution in [0.4, 0.5) is 4.39 Å². The van der Waals surface area contributed by atoms with Gasteiger partial charge in [0.05, 0.1) is 15.5 Å². The van der Waals surface area contributed by atoms with Crippen molar-refractivity contribution >= 4 is 32.7 Å². The molecule has 0 fully saturated rings. The maximum Gasteiger partial charge on any atom is 0.323 e. The minimum atomic E-state index is -0.424. The summed E-state index contributed by atoms with van der Waals surface area (Å²) in [6, 6.07) is 8.94. The number of carbonyl (C=O) groups excluding carboxylic acids is 1. The molecule has 0 bridgehead atoms. The topological polar surface area (TPSA) is 65.7 Å². The molecule has 0 radical (unpaired) electrons. The second-order valence-electron chi connectivity index (χ2n) is 4.30. The normalized spacial score (nSPS) is 10.9. The van der Waals surface area contributed by atoms with Crippen molar-refractivity contribution in [1.29, 1.82) is 0 Å². The summed E-state index contributed by atoms with van der Waals surface area (Å²) < 4.78 is 13.4. The largest absolute Gasteiger partial charge is 0.323 e. The van der Waals surface area contributed by atoms with Crippen molar-refractivity contribution in [2.45, 2.75) is 0 Å². The van der Waals surface area contributed by atoms with Crippen LogP contribution >= 0.6 is 15.9 Å². The van der Waals surface area contributed by atoms with Crippen molar-refractivity contribution in [3.05, 3.63) is 68.3 Å². The van der Waals surface area contributed by atoms with Gasteiger partial charge in [-0.15, -0.1) is 0 Å². The van der Waals surface area contributed by atoms with Gasteiger partial charge in [-0.3, -0.25) is 4.79 Å². The number of H-pyrrole nitrogens is 2. The number of aromatic nitrogens is 2. The third kappa shape index (κ3) is 2.18. The second kappa shape index (κ2) is 4.72. The lowest BCUT2D eigenvalue weighted by Gasteiger charge is -2.03. The Bertz CT molecular complexity index is 882. The molecule has 2 aromatic carbocycles. The summed E-state index contributed by atoms with van der Waals surface area (Å²) in [5.41, 5.74) is 1.66. The van der Waals surface area contributed by atoms with Gasteiger partial charge in [0.15, 0.2) is 5.78 Å². The minimum Gasteiger partial charge on any atom is -0.306 e. The quantitative estimate of drug-likeness (QED) is 0.707. The molecule has 2 N–H and O–H groups in total. The fraction of sp³-hybridized carbons (Fsp3) is 0. The van der Waals surface area contributed by atoms with Gasteiger partial charge in [0, 0.05) is 11.1 Å². The zero-order chi connectivity index (χ0) is 14.3. The summed E-state index contributed by atoms with van der Waals surface area (Å²) in [6.07, 6.45) is 0. The molecule has 20 heavy (non-hydrogen) atoms. The van der Waals surface area contributed by atoms with Crippen LogP contribution in [-0.4, -0.2) is 15.8 Å². The summed E-state index contributed by atoms with van der Waals surface area (Å²) in [5, 5.41) is 0. The maximum absolute atomic E-state index is 13.2. The smallest absolute Gasteiger partial charge is 0.306 e. The van der Waals surface area contributed by atoms with Crippen molar-refractivity contribution < 1.29 is 9.18 Å². The molecule has 3 aromatic rings. The van der Waals surface area contributed by atoms with E-state index in [1.807, 2.05) is 0 Å².